The number of carbonyl (C=O) groups is 1. The average Bonchev–Trinajstić information content (AvgIpc) is 2.96. The van der Waals surface area contributed by atoms with E-state index in [4.69, 9.17) is 9.15 Å². The smallest absolute Gasteiger partial charge is 0.339 e. The van der Waals surface area contributed by atoms with Gasteiger partial charge < -0.3 is 19.2 Å². The summed E-state index contributed by atoms with van der Waals surface area (Å²) in [6, 6.07) is 18.1. The zero-order chi connectivity index (χ0) is 27.9. The van der Waals surface area contributed by atoms with E-state index < -0.39 is 11.2 Å². The second-order valence-electron chi connectivity index (χ2n) is 11.6. The van der Waals surface area contributed by atoms with Crippen LogP contribution in [0.4, 0.5) is 0 Å². The van der Waals surface area contributed by atoms with Gasteiger partial charge in [0.1, 0.15) is 17.9 Å². The zero-order valence-corrected chi connectivity index (χ0v) is 23.4. The highest BCUT2D eigenvalue weighted by atomic mass is 16.5. The minimum atomic E-state index is -0.609. The maximum Gasteiger partial charge on any atom is 0.339 e. The fraction of sp³-hybridized carbons (Fsp3) is 0.412. The first-order valence-corrected chi connectivity index (χ1v) is 14.5. The molecule has 6 nitrogen and oxygen atoms in total. The Kier molecular flexibility index (Phi) is 7.13. The summed E-state index contributed by atoms with van der Waals surface area (Å²) in [4.78, 5) is 27.9. The number of hydrogen-bond donors (Lipinski definition) is 1. The van der Waals surface area contributed by atoms with Crippen molar-refractivity contribution in [2.75, 3.05) is 13.1 Å². The first kappa shape index (κ1) is 26.6. The topological polar surface area (TPSA) is 80.0 Å². The van der Waals surface area contributed by atoms with Crippen LogP contribution >= 0.6 is 0 Å². The molecule has 0 radical (unpaired) electrons. The molecule has 2 atom stereocenters. The number of benzene rings is 3. The number of aryl methyl sites for hydroxylation is 2. The summed E-state index contributed by atoms with van der Waals surface area (Å²) in [7, 11) is 0. The van der Waals surface area contributed by atoms with Crippen molar-refractivity contribution in [3.8, 4) is 5.75 Å². The second kappa shape index (κ2) is 10.7. The molecule has 0 bridgehead atoms. The summed E-state index contributed by atoms with van der Waals surface area (Å²) in [5, 5.41) is 14.2. The highest BCUT2D eigenvalue weighted by Crippen LogP contribution is 2.40. The molecule has 2 aliphatic rings. The molecule has 1 N–H and O–H groups in total. The highest BCUT2D eigenvalue weighted by molar-refractivity contribution is 5.86. The van der Waals surface area contributed by atoms with Gasteiger partial charge in [-0.1, -0.05) is 49.2 Å². The standard InChI is InChI=1S/C34H37NO5/c1-22-25(11-10-24-7-3-4-9-28(22)24)21-39-27-12-13-29-23(2)30(33(37)40-31(29)19-27)14-15-32(36)35-18-17-34(38)16-6-5-8-26(34)20-35/h3-4,7,9-13,19,26,38H,5-6,8,14-18,20-21H2,1-2H3/t26-,34+/m0/s1. The molecule has 208 valence electrons. The van der Waals surface area contributed by atoms with Crippen molar-refractivity contribution in [1.82, 2.24) is 4.90 Å². The van der Waals surface area contributed by atoms with Gasteiger partial charge in [-0.3, -0.25) is 4.79 Å². The Labute approximate surface area is 234 Å². The van der Waals surface area contributed by atoms with Crippen molar-refractivity contribution in [2.24, 2.45) is 5.92 Å². The van der Waals surface area contributed by atoms with E-state index in [1.165, 1.54) is 16.3 Å². The third-order valence-corrected chi connectivity index (χ3v) is 9.33. The van der Waals surface area contributed by atoms with Crippen LogP contribution in [0, 0.1) is 19.8 Å². The predicted octanol–water partition coefficient (Wildman–Crippen LogP) is 6.23. The van der Waals surface area contributed by atoms with Gasteiger partial charge in [0, 0.05) is 42.4 Å². The van der Waals surface area contributed by atoms with Gasteiger partial charge in [0.15, 0.2) is 0 Å². The minimum absolute atomic E-state index is 0.0410. The van der Waals surface area contributed by atoms with E-state index in [9.17, 15) is 14.7 Å². The molecule has 1 aromatic heterocycles. The van der Waals surface area contributed by atoms with Crippen molar-refractivity contribution < 1.29 is 19.1 Å². The summed E-state index contributed by atoms with van der Waals surface area (Å²) in [6.07, 6.45) is 5.24. The van der Waals surface area contributed by atoms with Crippen LogP contribution in [-0.2, 0) is 17.8 Å². The van der Waals surface area contributed by atoms with Crippen molar-refractivity contribution in [2.45, 2.75) is 71.0 Å². The first-order chi connectivity index (χ1) is 19.3. The van der Waals surface area contributed by atoms with Crippen LogP contribution in [0.5, 0.6) is 5.75 Å². The fourth-order valence-corrected chi connectivity index (χ4v) is 6.73. The monoisotopic (exact) mass is 539 g/mol. The van der Waals surface area contributed by atoms with Crippen LogP contribution in [0.25, 0.3) is 21.7 Å². The van der Waals surface area contributed by atoms with E-state index in [-0.39, 0.29) is 18.2 Å². The van der Waals surface area contributed by atoms with E-state index in [2.05, 4.69) is 31.2 Å². The van der Waals surface area contributed by atoms with E-state index in [0.29, 0.717) is 49.4 Å². The van der Waals surface area contributed by atoms with Crippen LogP contribution in [0.15, 0.2) is 63.8 Å². The number of nitrogens with zero attached hydrogens (tertiary/aromatic N) is 1. The Balaban J connectivity index is 1.13. The van der Waals surface area contributed by atoms with Gasteiger partial charge in [0.2, 0.25) is 5.91 Å². The second-order valence-corrected chi connectivity index (χ2v) is 11.6. The molecule has 3 aromatic carbocycles. The molecule has 1 saturated heterocycles. The first-order valence-electron chi connectivity index (χ1n) is 14.5. The molecule has 2 fully saturated rings. The highest BCUT2D eigenvalue weighted by Gasteiger charge is 2.43. The van der Waals surface area contributed by atoms with Gasteiger partial charge >= 0.3 is 5.63 Å². The number of fused-ring (bicyclic) bond motifs is 3. The molecule has 0 unspecified atom stereocenters. The zero-order valence-electron chi connectivity index (χ0n) is 23.4. The summed E-state index contributed by atoms with van der Waals surface area (Å²) < 4.78 is 11.8. The Morgan fingerprint density at radius 2 is 1.90 bits per heavy atom. The number of piperidine rings is 1. The number of likely N-dealkylation sites (tertiary alicyclic amines) is 1. The molecule has 4 aromatic rings. The normalized spacial score (nSPS) is 21.0. The average molecular weight is 540 g/mol. The largest absolute Gasteiger partial charge is 0.489 e. The molecule has 1 aliphatic carbocycles. The molecular formula is C34H37NO5. The number of rotatable bonds is 6. The number of carbonyl (C=O) groups excluding carboxylic acids is 1. The molecule has 1 amide bonds. The van der Waals surface area contributed by atoms with Gasteiger partial charge in [-0.25, -0.2) is 4.79 Å². The lowest BCUT2D eigenvalue weighted by molar-refractivity contribution is -0.143. The Morgan fingerprint density at radius 3 is 2.77 bits per heavy atom. The van der Waals surface area contributed by atoms with Crippen molar-refractivity contribution in [1.29, 1.82) is 0 Å². The quantitative estimate of drug-likeness (QED) is 0.294. The number of ether oxygens (including phenoxy) is 1. The maximum absolute atomic E-state index is 13.1. The van der Waals surface area contributed by atoms with Crippen LogP contribution in [0.3, 0.4) is 0 Å². The number of aliphatic hydroxyl groups is 1. The van der Waals surface area contributed by atoms with Crippen molar-refractivity contribution in [3.63, 3.8) is 0 Å². The number of amides is 1. The Hall–Kier alpha value is -3.64. The molecule has 0 spiro atoms. The molecule has 6 heteroatoms. The van der Waals surface area contributed by atoms with Gasteiger partial charge in [-0.05, 0) is 79.1 Å². The van der Waals surface area contributed by atoms with E-state index in [1.54, 1.807) is 6.07 Å². The predicted molar refractivity (Wildman–Crippen MR) is 157 cm³/mol. The van der Waals surface area contributed by atoms with Crippen molar-refractivity contribution >= 4 is 27.6 Å². The summed E-state index contributed by atoms with van der Waals surface area (Å²) in [6.45, 7) is 5.64. The third kappa shape index (κ3) is 5.01. The third-order valence-electron chi connectivity index (χ3n) is 9.33. The number of hydrogen-bond acceptors (Lipinski definition) is 5. The molecule has 6 rings (SSSR count). The van der Waals surface area contributed by atoms with Gasteiger partial charge in [-0.15, -0.1) is 0 Å². The lowest BCUT2D eigenvalue weighted by Gasteiger charge is -2.47. The van der Waals surface area contributed by atoms with E-state index >= 15 is 0 Å². The fourth-order valence-electron chi connectivity index (χ4n) is 6.73. The van der Waals surface area contributed by atoms with Crippen molar-refractivity contribution in [3.05, 3.63) is 87.3 Å². The summed E-state index contributed by atoms with van der Waals surface area (Å²) in [5.41, 5.74) is 3.17. The Bertz CT molecular complexity index is 1640. The lowest BCUT2D eigenvalue weighted by Crippen LogP contribution is -2.54. The summed E-state index contributed by atoms with van der Waals surface area (Å²) in [5.74, 6) is 0.838. The minimum Gasteiger partial charge on any atom is -0.489 e. The summed E-state index contributed by atoms with van der Waals surface area (Å²) >= 11 is 0. The molecule has 40 heavy (non-hydrogen) atoms. The molecule has 2 heterocycles. The van der Waals surface area contributed by atoms with Gasteiger partial charge in [0.25, 0.3) is 0 Å². The van der Waals surface area contributed by atoms with E-state index in [1.807, 2.05) is 36.1 Å². The molecule has 1 aliphatic heterocycles. The molecular weight excluding hydrogens is 502 g/mol. The van der Waals surface area contributed by atoms with Gasteiger partial charge in [-0.2, -0.15) is 0 Å². The van der Waals surface area contributed by atoms with Gasteiger partial charge in [0.05, 0.1) is 5.60 Å². The van der Waals surface area contributed by atoms with Crippen LogP contribution in [0.1, 0.15) is 60.8 Å². The van der Waals surface area contributed by atoms with E-state index in [0.717, 1.165) is 42.2 Å². The molecule has 1 saturated carbocycles. The van der Waals surface area contributed by atoms with Crippen LogP contribution in [0.2, 0.25) is 0 Å². The lowest BCUT2D eigenvalue weighted by atomic mass is 9.71. The SMILES string of the molecule is Cc1c(COc2ccc3c(C)c(CCC(=O)N4CC[C@]5(O)CCCC[C@H]5C4)c(=O)oc3c2)ccc2ccccc12. The van der Waals surface area contributed by atoms with Crippen LogP contribution in [-0.4, -0.2) is 34.6 Å². The Morgan fingerprint density at radius 1 is 1.05 bits per heavy atom. The van der Waals surface area contributed by atoms with Crippen LogP contribution < -0.4 is 10.4 Å². The maximum atomic E-state index is 13.1.